The van der Waals surface area contributed by atoms with Crippen molar-refractivity contribution in [1.29, 1.82) is 0 Å². The van der Waals surface area contributed by atoms with Crippen molar-refractivity contribution in [3.8, 4) is 11.1 Å². The second kappa shape index (κ2) is 26.4. The van der Waals surface area contributed by atoms with Gasteiger partial charge in [-0.3, -0.25) is 9.90 Å². The van der Waals surface area contributed by atoms with Crippen LogP contribution in [0.3, 0.4) is 0 Å². The molecule has 2 unspecified atom stereocenters. The highest BCUT2D eigenvalue weighted by Crippen LogP contribution is 2.26. The molecule has 0 spiro atoms. The monoisotopic (exact) mass is 754 g/mol. The Hall–Kier alpha value is -3.40. The van der Waals surface area contributed by atoms with E-state index in [1.165, 1.54) is 28.5 Å². The van der Waals surface area contributed by atoms with Gasteiger partial charge < -0.3 is 21.3 Å². The third-order valence-corrected chi connectivity index (χ3v) is 9.85. The molecule has 0 radical (unpaired) electrons. The molecule has 2 aliphatic rings. The molecule has 5 rings (SSSR count). The summed E-state index contributed by atoms with van der Waals surface area (Å²) >= 11 is 1.80. The van der Waals surface area contributed by atoms with Crippen molar-refractivity contribution in [2.45, 2.75) is 99.2 Å². The maximum absolute atomic E-state index is 14.1. The van der Waals surface area contributed by atoms with E-state index in [0.29, 0.717) is 30.5 Å². The maximum Gasteiger partial charge on any atom is 0.131 e. The predicted molar refractivity (Wildman–Crippen MR) is 238 cm³/mol. The van der Waals surface area contributed by atoms with Gasteiger partial charge in [0.25, 0.3) is 0 Å². The number of rotatable bonds is 14. The molecule has 6 nitrogen and oxygen atoms in total. The van der Waals surface area contributed by atoms with E-state index in [9.17, 15) is 4.39 Å². The summed E-state index contributed by atoms with van der Waals surface area (Å²) in [5.41, 5.74) is 15.0. The molecule has 8 heteroatoms. The number of hydrogen-bond acceptors (Lipinski definition) is 7. The van der Waals surface area contributed by atoms with Crippen LogP contribution in [0.1, 0.15) is 94.8 Å². The predicted octanol–water partition coefficient (Wildman–Crippen LogP) is 11.2. The van der Waals surface area contributed by atoms with Gasteiger partial charge in [-0.05, 0) is 77.9 Å². The van der Waals surface area contributed by atoms with Gasteiger partial charge in [-0.25, -0.2) is 4.39 Å². The summed E-state index contributed by atoms with van der Waals surface area (Å²) in [6.45, 7) is 18.5. The average Bonchev–Trinajstić information content (AvgIpc) is 3.15. The minimum atomic E-state index is -0.200. The van der Waals surface area contributed by atoms with Crippen molar-refractivity contribution in [3.05, 3.63) is 125 Å². The molecule has 0 amide bonds. The molecule has 2 heterocycles. The van der Waals surface area contributed by atoms with E-state index in [-0.39, 0.29) is 31.0 Å². The third-order valence-electron chi connectivity index (χ3n) is 8.83. The lowest BCUT2D eigenvalue weighted by atomic mass is 10.0. The fourth-order valence-corrected chi connectivity index (χ4v) is 6.46. The number of nitrogens with two attached hydrogens (primary N) is 1. The standard InChI is InChI=1S/C28H38FN3OS.C13H18N2.C2H6.2CH4.3H2/c1-4-5-14-32-25(17-26(18-30)34-3)16-21(2)15-24(20-33-32)31-19-22-10-12-23(13-11-22)27-8-6-7-9-28(27)29;1-3-14-9-11-4-5-12-6-7-15(2)10-13(12)8-11;1-2;;;;;/h6-13,16,24,26,31H,2,4-5,14-15,17-20,30H2,1,3H3;4-8,14H,3,9-10H2,1-2H3;1-2H3;2*1H4;3*1H/b25-16-;;;;;;;. The largest absolute Gasteiger partial charge is 0.376 e. The van der Waals surface area contributed by atoms with Crippen molar-refractivity contribution in [2.24, 2.45) is 5.73 Å². The van der Waals surface area contributed by atoms with Crippen molar-refractivity contribution in [3.63, 3.8) is 0 Å². The van der Waals surface area contributed by atoms with Gasteiger partial charge in [0.05, 0.1) is 6.61 Å². The van der Waals surface area contributed by atoms with Crippen LogP contribution in [0.4, 0.5) is 4.39 Å². The van der Waals surface area contributed by atoms with Gasteiger partial charge in [0.2, 0.25) is 0 Å². The molecule has 2 atom stereocenters. The Balaban J connectivity index is -0.00000108. The number of nitrogens with zero attached hydrogens (tertiary/aromatic N) is 2. The Bertz CT molecular complexity index is 1540. The molecule has 0 aliphatic carbocycles. The van der Waals surface area contributed by atoms with Crippen LogP contribution in [0, 0.1) is 5.82 Å². The summed E-state index contributed by atoms with van der Waals surface area (Å²) in [5.74, 6) is -0.200. The van der Waals surface area contributed by atoms with E-state index in [1.54, 1.807) is 23.9 Å². The number of hydroxylamine groups is 2. The lowest BCUT2D eigenvalue weighted by Gasteiger charge is -2.33. The molecular formula is C45H76FN5OS. The third kappa shape index (κ3) is 15.8. The Labute approximate surface area is 331 Å². The van der Waals surface area contributed by atoms with Crippen molar-refractivity contribution in [1.82, 2.24) is 20.6 Å². The van der Waals surface area contributed by atoms with Gasteiger partial charge in [0, 0.05) is 73.0 Å². The molecule has 4 N–H and O–H groups in total. The summed E-state index contributed by atoms with van der Waals surface area (Å²) in [6, 6.07) is 21.8. The van der Waals surface area contributed by atoms with E-state index in [0.717, 1.165) is 68.6 Å². The number of nitrogens with one attached hydrogen (secondary N) is 2. The van der Waals surface area contributed by atoms with E-state index < -0.39 is 0 Å². The summed E-state index contributed by atoms with van der Waals surface area (Å²) in [4.78, 5) is 8.50. The van der Waals surface area contributed by atoms with Crippen LogP contribution >= 0.6 is 11.8 Å². The van der Waals surface area contributed by atoms with Crippen LogP contribution in [0.5, 0.6) is 0 Å². The average molecular weight is 754 g/mol. The van der Waals surface area contributed by atoms with Crippen LogP contribution in [-0.2, 0) is 24.5 Å². The van der Waals surface area contributed by atoms with Crippen LogP contribution in [-0.4, -0.2) is 60.8 Å². The van der Waals surface area contributed by atoms with Crippen LogP contribution in [0.2, 0.25) is 0 Å². The van der Waals surface area contributed by atoms with Gasteiger partial charge in [0.15, 0.2) is 0 Å². The molecule has 300 valence electrons. The van der Waals surface area contributed by atoms with Gasteiger partial charge in [-0.15, -0.1) is 0 Å². The van der Waals surface area contributed by atoms with Gasteiger partial charge in [0.1, 0.15) is 5.82 Å². The summed E-state index contributed by atoms with van der Waals surface area (Å²) in [6.07, 6.45) is 12.5. The number of hydrogen-bond donors (Lipinski definition) is 3. The smallest absolute Gasteiger partial charge is 0.131 e. The van der Waals surface area contributed by atoms with E-state index >= 15 is 0 Å². The minimum Gasteiger partial charge on any atom is -0.376 e. The first-order valence-electron chi connectivity index (χ1n) is 18.6. The highest BCUT2D eigenvalue weighted by Gasteiger charge is 2.21. The molecule has 0 bridgehead atoms. The molecule has 0 saturated carbocycles. The van der Waals surface area contributed by atoms with Gasteiger partial charge in [-0.1, -0.05) is 122 Å². The number of thioether (sulfide) groups is 1. The molecule has 3 aromatic carbocycles. The molecule has 0 fully saturated rings. The minimum absolute atomic E-state index is 0. The molecule has 0 saturated heterocycles. The van der Waals surface area contributed by atoms with Crippen LogP contribution < -0.4 is 16.4 Å². The number of fused-ring (bicyclic) bond motifs is 1. The summed E-state index contributed by atoms with van der Waals surface area (Å²) < 4.78 is 14.1. The van der Waals surface area contributed by atoms with E-state index in [4.69, 9.17) is 10.6 Å². The van der Waals surface area contributed by atoms with Gasteiger partial charge >= 0.3 is 0 Å². The fourth-order valence-electron chi connectivity index (χ4n) is 5.93. The second-order valence-corrected chi connectivity index (χ2v) is 14.0. The Morgan fingerprint density at radius 3 is 2.42 bits per heavy atom. The summed E-state index contributed by atoms with van der Waals surface area (Å²) in [7, 11) is 2.11. The zero-order chi connectivity index (χ0) is 37.0. The highest BCUT2D eigenvalue weighted by molar-refractivity contribution is 7.99. The molecule has 3 aromatic rings. The fraction of sp³-hybridized carbons (Fsp3) is 0.467. The molecule has 0 aromatic heterocycles. The van der Waals surface area contributed by atoms with Crippen LogP contribution in [0.25, 0.3) is 17.2 Å². The molecule has 2 aliphatic heterocycles. The number of halogens is 1. The van der Waals surface area contributed by atoms with E-state index in [2.05, 4.69) is 90.9 Å². The zero-order valence-corrected chi connectivity index (χ0v) is 32.7. The first-order valence-corrected chi connectivity index (χ1v) is 19.9. The zero-order valence-electron chi connectivity index (χ0n) is 31.9. The Kier molecular flexibility index (Phi) is 23.7. The SMILES string of the molecule is C.C.C=C1/C=C(/CC(CN)SC)N(CCCC)OCC(NCc2ccc(-c3ccccc3F)cc2)C1.CC.CCNCc1ccc2c(c1)CN(C)C=C2.[HH].[HH].[HH]. The van der Waals surface area contributed by atoms with E-state index in [1.807, 2.05) is 44.2 Å². The Morgan fingerprint density at radius 2 is 1.75 bits per heavy atom. The highest BCUT2D eigenvalue weighted by atomic mass is 32.2. The van der Waals surface area contributed by atoms with Crippen molar-refractivity contribution >= 4 is 17.8 Å². The maximum atomic E-state index is 14.1. The number of allylic oxidation sites excluding steroid dienone is 2. The number of unbranched alkanes of at least 4 members (excludes halogenated alkanes) is 1. The topological polar surface area (TPSA) is 65.8 Å². The summed E-state index contributed by atoms with van der Waals surface area (Å²) in [5, 5.41) is 9.40. The lowest BCUT2D eigenvalue weighted by Crippen LogP contribution is -2.39. The number of benzene rings is 3. The van der Waals surface area contributed by atoms with Crippen molar-refractivity contribution in [2.75, 3.05) is 39.5 Å². The second-order valence-electron chi connectivity index (χ2n) is 12.8. The lowest BCUT2D eigenvalue weighted by molar-refractivity contribution is -0.142. The quantitative estimate of drug-likeness (QED) is 0.151. The molecule has 53 heavy (non-hydrogen) atoms. The van der Waals surface area contributed by atoms with Crippen LogP contribution in [0.15, 0.2) is 96.9 Å². The normalized spacial score (nSPS) is 16.5. The molecular weight excluding hydrogens is 678 g/mol. The van der Waals surface area contributed by atoms with Crippen molar-refractivity contribution < 1.29 is 13.5 Å². The Morgan fingerprint density at radius 1 is 1.04 bits per heavy atom. The first kappa shape index (κ1) is 47.6. The van der Waals surface area contributed by atoms with Gasteiger partial charge in [-0.2, -0.15) is 11.8 Å². The first-order chi connectivity index (χ1) is 24.8.